The van der Waals surface area contributed by atoms with Crippen LogP contribution in [0, 0.1) is 13.8 Å². The molecule has 88 valence electrons. The molecule has 0 N–H and O–H groups in total. The van der Waals surface area contributed by atoms with E-state index in [1.54, 1.807) is 0 Å². The van der Waals surface area contributed by atoms with E-state index in [9.17, 15) is 0 Å². The maximum atomic E-state index is 2.25. The standard InChI is InChI=1S/C14H14S3/c1-9-13-14(10(2)16-9)17-12(8-15-13)11-6-4-3-5-7-11/h3-7,12H,8H2,1-2H3. The maximum absolute atomic E-state index is 2.25. The molecular formula is C14H14S3. The van der Waals surface area contributed by atoms with Crippen LogP contribution in [0.1, 0.15) is 20.6 Å². The molecule has 17 heavy (non-hydrogen) atoms. The molecule has 0 radical (unpaired) electrons. The van der Waals surface area contributed by atoms with E-state index in [0.29, 0.717) is 5.25 Å². The summed E-state index contributed by atoms with van der Waals surface area (Å²) in [6.45, 7) is 4.49. The highest BCUT2D eigenvalue weighted by atomic mass is 32.2. The average Bonchev–Trinajstić information content (AvgIpc) is 2.66. The lowest BCUT2D eigenvalue weighted by molar-refractivity contribution is 1.07. The second-order valence-corrected chi connectivity index (χ2v) is 7.87. The molecule has 0 spiro atoms. The van der Waals surface area contributed by atoms with Gasteiger partial charge >= 0.3 is 0 Å². The second-order valence-electron chi connectivity index (χ2n) is 4.20. The lowest BCUT2D eigenvalue weighted by Gasteiger charge is -2.22. The third-order valence-electron chi connectivity index (χ3n) is 2.96. The molecule has 1 unspecified atom stereocenters. The molecule has 0 amide bonds. The van der Waals surface area contributed by atoms with Crippen LogP contribution < -0.4 is 0 Å². The highest BCUT2D eigenvalue weighted by molar-refractivity contribution is 8.06. The average molecular weight is 278 g/mol. The molecule has 0 aliphatic carbocycles. The third kappa shape index (κ3) is 2.16. The van der Waals surface area contributed by atoms with Crippen molar-refractivity contribution < 1.29 is 0 Å². The highest BCUT2D eigenvalue weighted by Crippen LogP contribution is 2.52. The van der Waals surface area contributed by atoms with Crippen LogP contribution in [0.15, 0.2) is 40.1 Å². The Morgan fingerprint density at radius 1 is 1.00 bits per heavy atom. The first-order valence-corrected chi connectivity index (χ1v) is 8.38. The Balaban J connectivity index is 1.93. The number of hydrogen-bond donors (Lipinski definition) is 0. The maximum Gasteiger partial charge on any atom is 0.0439 e. The third-order valence-corrected chi connectivity index (χ3v) is 7.35. The van der Waals surface area contributed by atoms with Gasteiger partial charge in [-0.3, -0.25) is 0 Å². The number of aryl methyl sites for hydroxylation is 2. The number of rotatable bonds is 1. The van der Waals surface area contributed by atoms with Crippen molar-refractivity contribution in [2.24, 2.45) is 0 Å². The Bertz CT molecular complexity index is 528. The lowest BCUT2D eigenvalue weighted by atomic mass is 10.2. The summed E-state index contributed by atoms with van der Waals surface area (Å²) in [6.07, 6.45) is 0. The van der Waals surface area contributed by atoms with E-state index in [4.69, 9.17) is 0 Å². The predicted molar refractivity (Wildman–Crippen MR) is 79.6 cm³/mol. The number of hydrogen-bond acceptors (Lipinski definition) is 3. The van der Waals surface area contributed by atoms with Crippen LogP contribution in [0.5, 0.6) is 0 Å². The zero-order chi connectivity index (χ0) is 11.8. The van der Waals surface area contributed by atoms with Gasteiger partial charge in [0.2, 0.25) is 0 Å². The summed E-state index contributed by atoms with van der Waals surface area (Å²) in [5.41, 5.74) is 1.46. The first-order chi connectivity index (χ1) is 8.25. The fourth-order valence-electron chi connectivity index (χ4n) is 2.11. The van der Waals surface area contributed by atoms with Crippen LogP contribution in [0.4, 0.5) is 0 Å². The van der Waals surface area contributed by atoms with Gasteiger partial charge in [0, 0.05) is 30.5 Å². The molecule has 1 aliphatic heterocycles. The highest BCUT2D eigenvalue weighted by Gasteiger charge is 2.25. The van der Waals surface area contributed by atoms with Gasteiger partial charge in [0.1, 0.15) is 0 Å². The van der Waals surface area contributed by atoms with Crippen molar-refractivity contribution >= 4 is 34.9 Å². The summed E-state index contributed by atoms with van der Waals surface area (Å²) in [6, 6.07) is 10.9. The normalized spacial score (nSPS) is 19.1. The number of benzene rings is 1. The number of fused-ring (bicyclic) bond motifs is 1. The molecule has 0 nitrogen and oxygen atoms in total. The van der Waals surface area contributed by atoms with Gasteiger partial charge in [0.05, 0.1) is 0 Å². The van der Waals surface area contributed by atoms with Crippen LogP contribution in [-0.4, -0.2) is 5.75 Å². The second kappa shape index (κ2) is 4.71. The molecule has 0 fully saturated rings. The van der Waals surface area contributed by atoms with Gasteiger partial charge < -0.3 is 0 Å². The van der Waals surface area contributed by atoms with Gasteiger partial charge in [0.25, 0.3) is 0 Å². The summed E-state index contributed by atoms with van der Waals surface area (Å²) in [5, 5.41) is 0.612. The summed E-state index contributed by atoms with van der Waals surface area (Å²) < 4.78 is 0. The molecule has 2 heterocycles. The monoisotopic (exact) mass is 278 g/mol. The van der Waals surface area contributed by atoms with Gasteiger partial charge in [-0.2, -0.15) is 0 Å². The van der Waals surface area contributed by atoms with E-state index in [1.165, 1.54) is 30.9 Å². The number of thioether (sulfide) groups is 2. The molecule has 3 heteroatoms. The van der Waals surface area contributed by atoms with E-state index in [-0.39, 0.29) is 0 Å². The molecule has 0 bridgehead atoms. The van der Waals surface area contributed by atoms with Crippen molar-refractivity contribution in [1.82, 2.24) is 0 Å². The summed E-state index contributed by atoms with van der Waals surface area (Å²) in [7, 11) is 0. The Labute approximate surface area is 115 Å². The van der Waals surface area contributed by atoms with Crippen LogP contribution >= 0.6 is 34.9 Å². The van der Waals surface area contributed by atoms with E-state index in [1.807, 2.05) is 34.9 Å². The minimum atomic E-state index is 0.612. The Morgan fingerprint density at radius 2 is 1.71 bits per heavy atom. The molecule has 0 saturated carbocycles. The topological polar surface area (TPSA) is 0 Å². The van der Waals surface area contributed by atoms with Crippen molar-refractivity contribution in [2.45, 2.75) is 28.9 Å². The Kier molecular flexibility index (Phi) is 3.24. The lowest BCUT2D eigenvalue weighted by Crippen LogP contribution is -2.02. The summed E-state index contributed by atoms with van der Waals surface area (Å²) in [4.78, 5) is 6.03. The predicted octanol–water partition coefficient (Wildman–Crippen LogP) is 5.30. The van der Waals surface area contributed by atoms with Crippen LogP contribution in [0.3, 0.4) is 0 Å². The van der Waals surface area contributed by atoms with Crippen molar-refractivity contribution in [1.29, 1.82) is 0 Å². The van der Waals surface area contributed by atoms with Crippen molar-refractivity contribution in [2.75, 3.05) is 5.75 Å². The van der Waals surface area contributed by atoms with Gasteiger partial charge in [-0.25, -0.2) is 0 Å². The molecule has 1 aliphatic rings. The molecular weight excluding hydrogens is 264 g/mol. The fourth-order valence-corrected chi connectivity index (χ4v) is 6.46. The van der Waals surface area contributed by atoms with Gasteiger partial charge in [-0.15, -0.1) is 34.9 Å². The molecule has 1 atom stereocenters. The van der Waals surface area contributed by atoms with Gasteiger partial charge in [0.15, 0.2) is 0 Å². The van der Waals surface area contributed by atoms with E-state index >= 15 is 0 Å². The van der Waals surface area contributed by atoms with Gasteiger partial charge in [-0.05, 0) is 19.4 Å². The van der Waals surface area contributed by atoms with E-state index < -0.39 is 0 Å². The minimum absolute atomic E-state index is 0.612. The van der Waals surface area contributed by atoms with E-state index in [0.717, 1.165) is 0 Å². The molecule has 0 saturated heterocycles. The Hall–Kier alpha value is -0.380. The van der Waals surface area contributed by atoms with Crippen LogP contribution in [0.2, 0.25) is 0 Å². The molecule has 2 aromatic rings. The largest absolute Gasteiger partial charge is 0.144 e. The quantitative estimate of drug-likeness (QED) is 0.694. The van der Waals surface area contributed by atoms with Crippen LogP contribution in [-0.2, 0) is 0 Å². The molecule has 1 aromatic carbocycles. The first kappa shape index (κ1) is 11.7. The van der Waals surface area contributed by atoms with Gasteiger partial charge in [-0.1, -0.05) is 30.3 Å². The first-order valence-electron chi connectivity index (χ1n) is 5.70. The minimum Gasteiger partial charge on any atom is -0.144 e. The van der Waals surface area contributed by atoms with E-state index in [2.05, 4.69) is 44.2 Å². The Morgan fingerprint density at radius 3 is 2.47 bits per heavy atom. The zero-order valence-electron chi connectivity index (χ0n) is 9.90. The SMILES string of the molecule is Cc1sc(C)c2c1SCC(c1ccccc1)S2. The summed E-state index contributed by atoms with van der Waals surface area (Å²) >= 11 is 6.02. The van der Waals surface area contributed by atoms with Crippen molar-refractivity contribution in [3.63, 3.8) is 0 Å². The molecule has 3 rings (SSSR count). The van der Waals surface area contributed by atoms with Crippen LogP contribution in [0.25, 0.3) is 0 Å². The summed E-state index contributed by atoms with van der Waals surface area (Å²) in [5.74, 6) is 1.19. The van der Waals surface area contributed by atoms with Crippen molar-refractivity contribution in [3.05, 3.63) is 45.6 Å². The van der Waals surface area contributed by atoms with Crippen molar-refractivity contribution in [3.8, 4) is 0 Å². The molecule has 1 aromatic heterocycles. The zero-order valence-corrected chi connectivity index (χ0v) is 12.3. The number of thiophene rings is 1. The fraction of sp³-hybridized carbons (Fsp3) is 0.286. The smallest absolute Gasteiger partial charge is 0.0439 e.